The minimum Gasteiger partial charge on any atom is -0.285 e. The molecule has 2 aliphatic rings. The van der Waals surface area contributed by atoms with Crippen LogP contribution in [0.4, 0.5) is 5.69 Å². The summed E-state index contributed by atoms with van der Waals surface area (Å²) in [7, 11) is 0. The lowest BCUT2D eigenvalue weighted by Gasteiger charge is -2.36. The van der Waals surface area contributed by atoms with Crippen LogP contribution in [0.5, 0.6) is 0 Å². The third kappa shape index (κ3) is 2.55. The highest BCUT2D eigenvalue weighted by Crippen LogP contribution is 2.44. The van der Waals surface area contributed by atoms with E-state index in [0.29, 0.717) is 0 Å². The number of fused-ring (bicyclic) bond motifs is 1. The second-order valence-electron chi connectivity index (χ2n) is 7.03. The number of rotatable bonds is 3. The van der Waals surface area contributed by atoms with Crippen molar-refractivity contribution in [2.24, 2.45) is 4.99 Å². The van der Waals surface area contributed by atoms with Crippen LogP contribution in [-0.2, 0) is 5.41 Å². The van der Waals surface area contributed by atoms with Crippen molar-refractivity contribution < 1.29 is 0 Å². The molecule has 1 saturated heterocycles. The zero-order valence-corrected chi connectivity index (χ0v) is 15.4. The van der Waals surface area contributed by atoms with Gasteiger partial charge in [-0.15, -0.1) is 0 Å². The Kier molecular flexibility index (Phi) is 4.06. The van der Waals surface area contributed by atoms with E-state index in [4.69, 9.17) is 4.99 Å². The molecular formula is C25H21N3. The average Bonchev–Trinajstić information content (AvgIpc) is 3.10. The van der Waals surface area contributed by atoms with Crippen molar-refractivity contribution in [2.75, 3.05) is 0 Å². The molecule has 3 heteroatoms. The predicted octanol–water partition coefficient (Wildman–Crippen LogP) is 4.98. The number of benzene rings is 3. The summed E-state index contributed by atoms with van der Waals surface area (Å²) in [5.41, 5.74) is 6.52. The number of allylic oxidation sites excluding steroid dienone is 2. The van der Waals surface area contributed by atoms with E-state index in [0.717, 1.165) is 11.5 Å². The highest BCUT2D eigenvalue weighted by Gasteiger charge is 2.53. The van der Waals surface area contributed by atoms with Gasteiger partial charge < -0.3 is 0 Å². The Morgan fingerprint density at radius 2 is 1.29 bits per heavy atom. The molecule has 1 atom stereocenters. The Labute approximate surface area is 165 Å². The van der Waals surface area contributed by atoms with Crippen molar-refractivity contribution in [3.8, 4) is 0 Å². The third-order valence-corrected chi connectivity index (χ3v) is 5.46. The summed E-state index contributed by atoms with van der Waals surface area (Å²) in [6.45, 7) is 0. The monoisotopic (exact) mass is 363 g/mol. The van der Waals surface area contributed by atoms with Gasteiger partial charge in [-0.25, -0.2) is 4.99 Å². The Morgan fingerprint density at radius 3 is 1.89 bits per heavy atom. The molecule has 1 fully saturated rings. The molecule has 0 saturated carbocycles. The molecule has 0 amide bonds. The quantitative estimate of drug-likeness (QED) is 0.711. The minimum absolute atomic E-state index is 0.0877. The molecule has 3 aromatic carbocycles. The second kappa shape index (κ2) is 6.86. The minimum atomic E-state index is -0.431. The first-order valence-electron chi connectivity index (χ1n) is 9.54. The van der Waals surface area contributed by atoms with Gasteiger partial charge in [-0.3, -0.25) is 10.4 Å². The molecule has 2 aliphatic heterocycles. The van der Waals surface area contributed by atoms with Gasteiger partial charge in [-0.2, -0.15) is 0 Å². The smallest absolute Gasteiger partial charge is 0.139 e. The van der Waals surface area contributed by atoms with E-state index in [2.05, 4.69) is 95.5 Å². The Balaban J connectivity index is 1.81. The molecule has 0 aliphatic carbocycles. The number of hydrogen-bond acceptors (Lipinski definition) is 2. The summed E-state index contributed by atoms with van der Waals surface area (Å²) in [6, 6.07) is 31.6. The van der Waals surface area contributed by atoms with Gasteiger partial charge in [0.15, 0.2) is 0 Å². The van der Waals surface area contributed by atoms with Crippen molar-refractivity contribution in [1.29, 1.82) is 0 Å². The lowest BCUT2D eigenvalue weighted by molar-refractivity contribution is 0.291. The molecule has 0 bridgehead atoms. The second-order valence-corrected chi connectivity index (χ2v) is 7.03. The number of hydrazine groups is 1. The normalized spacial score (nSPS) is 20.8. The van der Waals surface area contributed by atoms with Crippen LogP contribution in [0.1, 0.15) is 11.1 Å². The van der Waals surface area contributed by atoms with E-state index in [9.17, 15) is 0 Å². The molecule has 0 spiro atoms. The van der Waals surface area contributed by atoms with Crippen LogP contribution in [0.3, 0.4) is 0 Å². The lowest BCUT2D eigenvalue weighted by Crippen LogP contribution is -2.44. The van der Waals surface area contributed by atoms with Gasteiger partial charge in [-0.1, -0.05) is 91.0 Å². The molecule has 5 rings (SSSR count). The highest BCUT2D eigenvalue weighted by molar-refractivity contribution is 6.01. The van der Waals surface area contributed by atoms with Gasteiger partial charge in [0.2, 0.25) is 0 Å². The van der Waals surface area contributed by atoms with Gasteiger partial charge in [-0.05, 0) is 29.3 Å². The molecular weight excluding hydrogens is 342 g/mol. The summed E-state index contributed by atoms with van der Waals surface area (Å²) in [4.78, 5) is 5.08. The number of nitrogens with zero attached hydrogens (tertiary/aromatic N) is 2. The first-order chi connectivity index (χ1) is 13.9. The SMILES string of the molecule is C1=CC2N(C=C1)NC(=Nc1ccccc1)C2(c1ccccc1)c1ccccc1. The van der Waals surface area contributed by atoms with Crippen molar-refractivity contribution in [2.45, 2.75) is 11.5 Å². The van der Waals surface area contributed by atoms with E-state index in [1.165, 1.54) is 11.1 Å². The van der Waals surface area contributed by atoms with Crippen molar-refractivity contribution in [3.05, 3.63) is 127 Å². The van der Waals surface area contributed by atoms with Crippen LogP contribution in [-0.4, -0.2) is 16.9 Å². The van der Waals surface area contributed by atoms with Gasteiger partial charge in [0.25, 0.3) is 0 Å². The molecule has 2 heterocycles. The Bertz CT molecular complexity index is 997. The molecule has 136 valence electrons. The van der Waals surface area contributed by atoms with Gasteiger partial charge >= 0.3 is 0 Å². The van der Waals surface area contributed by atoms with E-state index >= 15 is 0 Å². The van der Waals surface area contributed by atoms with E-state index in [1.54, 1.807) is 0 Å². The largest absolute Gasteiger partial charge is 0.285 e. The van der Waals surface area contributed by atoms with E-state index < -0.39 is 5.41 Å². The predicted molar refractivity (Wildman–Crippen MR) is 114 cm³/mol. The number of hydrogen-bond donors (Lipinski definition) is 1. The lowest BCUT2D eigenvalue weighted by atomic mass is 9.68. The summed E-state index contributed by atoms with van der Waals surface area (Å²) < 4.78 is 0. The third-order valence-electron chi connectivity index (χ3n) is 5.46. The molecule has 1 unspecified atom stereocenters. The van der Waals surface area contributed by atoms with Crippen LogP contribution in [0, 0.1) is 0 Å². The zero-order valence-electron chi connectivity index (χ0n) is 15.4. The van der Waals surface area contributed by atoms with Crippen molar-refractivity contribution in [3.63, 3.8) is 0 Å². The first kappa shape index (κ1) is 16.6. The van der Waals surface area contributed by atoms with E-state index in [1.807, 2.05) is 30.3 Å². The zero-order chi connectivity index (χ0) is 18.8. The Hall–Kier alpha value is -3.59. The standard InChI is InChI=1S/C25H21N3/c1-4-12-20(13-5-1)25(21-14-6-2-7-15-21)23-18-10-11-19-28(23)27-24(25)26-22-16-8-3-9-17-22/h1-19,23H,(H,26,27). The van der Waals surface area contributed by atoms with Crippen LogP contribution in [0.25, 0.3) is 0 Å². The number of amidine groups is 1. The fourth-order valence-corrected chi connectivity index (χ4v) is 4.24. The maximum Gasteiger partial charge on any atom is 0.139 e. The fourth-order valence-electron chi connectivity index (χ4n) is 4.24. The van der Waals surface area contributed by atoms with Crippen LogP contribution >= 0.6 is 0 Å². The first-order valence-corrected chi connectivity index (χ1v) is 9.54. The number of nitrogens with one attached hydrogen (secondary N) is 1. The van der Waals surface area contributed by atoms with Crippen molar-refractivity contribution in [1.82, 2.24) is 10.4 Å². The van der Waals surface area contributed by atoms with Crippen LogP contribution in [0.15, 0.2) is 120 Å². The van der Waals surface area contributed by atoms with E-state index in [-0.39, 0.29) is 6.04 Å². The molecule has 0 aromatic heterocycles. The molecule has 28 heavy (non-hydrogen) atoms. The topological polar surface area (TPSA) is 27.6 Å². The van der Waals surface area contributed by atoms with Gasteiger partial charge in [0.1, 0.15) is 11.3 Å². The highest BCUT2D eigenvalue weighted by atomic mass is 15.6. The molecule has 0 radical (unpaired) electrons. The number of para-hydroxylation sites is 1. The summed E-state index contributed by atoms with van der Waals surface area (Å²) in [6.07, 6.45) is 8.50. The number of aliphatic imine (C=N–C) groups is 1. The van der Waals surface area contributed by atoms with Crippen LogP contribution < -0.4 is 5.43 Å². The summed E-state index contributed by atoms with van der Waals surface area (Å²) >= 11 is 0. The fraction of sp³-hybridized carbons (Fsp3) is 0.0800. The molecule has 1 N–H and O–H groups in total. The maximum absolute atomic E-state index is 5.08. The Morgan fingerprint density at radius 1 is 0.714 bits per heavy atom. The van der Waals surface area contributed by atoms with Gasteiger partial charge in [0, 0.05) is 6.20 Å². The molecule has 3 nitrogen and oxygen atoms in total. The molecule has 3 aromatic rings. The van der Waals surface area contributed by atoms with Crippen LogP contribution in [0.2, 0.25) is 0 Å². The van der Waals surface area contributed by atoms with Gasteiger partial charge in [0.05, 0.1) is 11.7 Å². The summed E-state index contributed by atoms with van der Waals surface area (Å²) in [5, 5.41) is 2.15. The average molecular weight is 363 g/mol. The summed E-state index contributed by atoms with van der Waals surface area (Å²) in [5.74, 6) is 0.928. The van der Waals surface area contributed by atoms with Crippen molar-refractivity contribution >= 4 is 11.5 Å². The maximum atomic E-state index is 5.08.